The molecule has 150 valence electrons. The maximum Gasteiger partial charge on any atom is 0.253 e. The van der Waals surface area contributed by atoms with Gasteiger partial charge in [0.25, 0.3) is 5.91 Å². The number of carbonyl (C=O) groups is 2. The SMILES string of the molecule is Cn1c(CNC(=O)c2ccccc2Cl)nnc1SCC(=O)Nc1cccc(Cl)c1. The van der Waals surface area contributed by atoms with Gasteiger partial charge in [-0.25, -0.2) is 0 Å². The number of rotatable bonds is 7. The van der Waals surface area contributed by atoms with Crippen molar-refractivity contribution in [2.75, 3.05) is 11.1 Å². The summed E-state index contributed by atoms with van der Waals surface area (Å²) in [5.41, 5.74) is 1.02. The molecule has 0 atom stereocenters. The Morgan fingerprint density at radius 3 is 2.66 bits per heavy atom. The number of nitrogens with zero attached hydrogens (tertiary/aromatic N) is 3. The number of thioether (sulfide) groups is 1. The van der Waals surface area contributed by atoms with E-state index >= 15 is 0 Å². The van der Waals surface area contributed by atoms with Gasteiger partial charge in [0, 0.05) is 17.8 Å². The highest BCUT2D eigenvalue weighted by Crippen LogP contribution is 2.19. The fourth-order valence-electron chi connectivity index (χ4n) is 2.42. The van der Waals surface area contributed by atoms with Crippen LogP contribution in [-0.2, 0) is 18.4 Å². The van der Waals surface area contributed by atoms with Crippen molar-refractivity contribution in [3.8, 4) is 0 Å². The number of benzene rings is 2. The fourth-order valence-corrected chi connectivity index (χ4v) is 3.56. The molecule has 2 N–H and O–H groups in total. The Morgan fingerprint density at radius 1 is 1.10 bits per heavy atom. The molecule has 0 radical (unpaired) electrons. The van der Waals surface area contributed by atoms with E-state index in [1.165, 1.54) is 11.8 Å². The molecular formula is C19H17Cl2N5O2S. The second kappa shape index (κ2) is 9.78. The van der Waals surface area contributed by atoms with Gasteiger partial charge in [-0.2, -0.15) is 0 Å². The predicted octanol–water partition coefficient (Wildman–Crippen LogP) is 3.78. The third-order valence-electron chi connectivity index (χ3n) is 3.89. The largest absolute Gasteiger partial charge is 0.345 e. The summed E-state index contributed by atoms with van der Waals surface area (Å²) in [7, 11) is 1.77. The zero-order valence-corrected chi connectivity index (χ0v) is 17.7. The quantitative estimate of drug-likeness (QED) is 0.535. The van der Waals surface area contributed by atoms with Crippen LogP contribution in [0.2, 0.25) is 10.0 Å². The van der Waals surface area contributed by atoms with Gasteiger partial charge in [0.05, 0.1) is 22.9 Å². The van der Waals surface area contributed by atoms with Gasteiger partial charge in [-0.05, 0) is 30.3 Å². The zero-order valence-electron chi connectivity index (χ0n) is 15.4. The molecule has 0 aliphatic rings. The first-order chi connectivity index (χ1) is 13.9. The van der Waals surface area contributed by atoms with E-state index in [9.17, 15) is 9.59 Å². The molecule has 1 heterocycles. The minimum Gasteiger partial charge on any atom is -0.345 e. The van der Waals surface area contributed by atoms with Crippen molar-refractivity contribution in [3.05, 3.63) is 70.0 Å². The molecule has 7 nitrogen and oxygen atoms in total. The highest BCUT2D eigenvalue weighted by molar-refractivity contribution is 7.99. The Labute approximate surface area is 181 Å². The molecular weight excluding hydrogens is 433 g/mol. The minimum absolute atomic E-state index is 0.157. The first-order valence-electron chi connectivity index (χ1n) is 8.53. The van der Waals surface area contributed by atoms with E-state index in [0.29, 0.717) is 32.3 Å². The second-order valence-corrected chi connectivity index (χ2v) is 7.75. The Morgan fingerprint density at radius 2 is 1.90 bits per heavy atom. The third kappa shape index (κ3) is 5.72. The number of aromatic nitrogens is 3. The van der Waals surface area contributed by atoms with Gasteiger partial charge in [-0.15, -0.1) is 10.2 Å². The van der Waals surface area contributed by atoms with Crippen LogP contribution in [0.25, 0.3) is 0 Å². The Hall–Kier alpha value is -2.55. The fraction of sp³-hybridized carbons (Fsp3) is 0.158. The van der Waals surface area contributed by atoms with Crippen LogP contribution in [-0.4, -0.2) is 32.3 Å². The summed E-state index contributed by atoms with van der Waals surface area (Å²) in [6, 6.07) is 13.7. The normalized spacial score (nSPS) is 10.6. The third-order valence-corrected chi connectivity index (χ3v) is 5.48. The summed E-state index contributed by atoms with van der Waals surface area (Å²) in [6.07, 6.45) is 0. The smallest absolute Gasteiger partial charge is 0.253 e. The van der Waals surface area contributed by atoms with Crippen molar-refractivity contribution in [3.63, 3.8) is 0 Å². The molecule has 3 rings (SSSR count). The molecule has 0 fully saturated rings. The van der Waals surface area contributed by atoms with Crippen LogP contribution >= 0.6 is 35.0 Å². The van der Waals surface area contributed by atoms with Crippen LogP contribution in [0.4, 0.5) is 5.69 Å². The summed E-state index contributed by atoms with van der Waals surface area (Å²) in [4.78, 5) is 24.4. The lowest BCUT2D eigenvalue weighted by Crippen LogP contribution is -2.24. The number of hydrogen-bond donors (Lipinski definition) is 2. The van der Waals surface area contributed by atoms with Crippen LogP contribution in [0, 0.1) is 0 Å². The molecule has 3 aromatic rings. The van der Waals surface area contributed by atoms with Gasteiger partial charge in [-0.1, -0.05) is 53.2 Å². The van der Waals surface area contributed by atoms with Crippen molar-refractivity contribution < 1.29 is 9.59 Å². The van der Waals surface area contributed by atoms with E-state index in [4.69, 9.17) is 23.2 Å². The predicted molar refractivity (Wildman–Crippen MR) is 114 cm³/mol. The van der Waals surface area contributed by atoms with Crippen molar-refractivity contribution in [2.45, 2.75) is 11.7 Å². The van der Waals surface area contributed by atoms with E-state index < -0.39 is 0 Å². The highest BCUT2D eigenvalue weighted by atomic mass is 35.5. The Kier molecular flexibility index (Phi) is 7.13. The average Bonchev–Trinajstić information content (AvgIpc) is 3.04. The molecule has 0 saturated carbocycles. The number of amides is 2. The van der Waals surface area contributed by atoms with Crippen LogP contribution in [0.5, 0.6) is 0 Å². The lowest BCUT2D eigenvalue weighted by atomic mass is 10.2. The van der Waals surface area contributed by atoms with Crippen LogP contribution in [0.3, 0.4) is 0 Å². The number of hydrogen-bond acceptors (Lipinski definition) is 5. The van der Waals surface area contributed by atoms with E-state index in [2.05, 4.69) is 20.8 Å². The maximum absolute atomic E-state index is 12.2. The number of nitrogens with one attached hydrogen (secondary N) is 2. The second-order valence-electron chi connectivity index (χ2n) is 5.97. The van der Waals surface area contributed by atoms with Crippen molar-refractivity contribution in [2.24, 2.45) is 7.05 Å². The minimum atomic E-state index is -0.297. The maximum atomic E-state index is 12.2. The van der Waals surface area contributed by atoms with Crippen LogP contribution in [0.1, 0.15) is 16.2 Å². The summed E-state index contributed by atoms with van der Waals surface area (Å²) < 4.78 is 1.73. The summed E-state index contributed by atoms with van der Waals surface area (Å²) in [5, 5.41) is 15.2. The molecule has 0 unspecified atom stereocenters. The molecule has 29 heavy (non-hydrogen) atoms. The summed E-state index contributed by atoms with van der Waals surface area (Å²) >= 11 is 13.2. The summed E-state index contributed by atoms with van der Waals surface area (Å²) in [5.74, 6) is 0.232. The highest BCUT2D eigenvalue weighted by Gasteiger charge is 2.14. The molecule has 0 aliphatic heterocycles. The van der Waals surface area contributed by atoms with Gasteiger partial charge in [0.1, 0.15) is 0 Å². The molecule has 2 aromatic carbocycles. The standard InChI is InChI=1S/C19H17Cl2N5O2S/c1-26-16(10-22-18(28)14-7-2-3-8-15(14)21)24-25-19(26)29-11-17(27)23-13-6-4-5-12(20)9-13/h2-9H,10-11H2,1H3,(H,22,28)(H,23,27). The van der Waals surface area contributed by atoms with Crippen molar-refractivity contribution in [1.82, 2.24) is 20.1 Å². The van der Waals surface area contributed by atoms with Crippen molar-refractivity contribution >= 4 is 52.5 Å². The zero-order chi connectivity index (χ0) is 20.8. The number of carbonyl (C=O) groups excluding carboxylic acids is 2. The number of halogens is 2. The van der Waals surface area contributed by atoms with E-state index in [1.807, 2.05) is 0 Å². The summed E-state index contributed by atoms with van der Waals surface area (Å²) in [6.45, 7) is 0.183. The van der Waals surface area contributed by atoms with Gasteiger partial charge in [0.15, 0.2) is 11.0 Å². The first-order valence-corrected chi connectivity index (χ1v) is 10.3. The van der Waals surface area contributed by atoms with Gasteiger partial charge >= 0.3 is 0 Å². The van der Waals surface area contributed by atoms with Gasteiger partial charge in [0.2, 0.25) is 5.91 Å². The van der Waals surface area contributed by atoms with E-state index in [1.54, 1.807) is 60.1 Å². The monoisotopic (exact) mass is 449 g/mol. The lowest BCUT2D eigenvalue weighted by Gasteiger charge is -2.07. The molecule has 0 spiro atoms. The molecule has 2 amide bonds. The van der Waals surface area contributed by atoms with Crippen LogP contribution in [0.15, 0.2) is 53.7 Å². The lowest BCUT2D eigenvalue weighted by molar-refractivity contribution is -0.113. The van der Waals surface area contributed by atoms with Gasteiger partial charge in [-0.3, -0.25) is 9.59 Å². The first kappa shape index (κ1) is 21.2. The van der Waals surface area contributed by atoms with Gasteiger partial charge < -0.3 is 15.2 Å². The van der Waals surface area contributed by atoms with E-state index in [0.717, 1.165) is 0 Å². The molecule has 0 bridgehead atoms. The molecule has 10 heteroatoms. The van der Waals surface area contributed by atoms with Crippen molar-refractivity contribution in [1.29, 1.82) is 0 Å². The molecule has 0 saturated heterocycles. The Bertz CT molecular complexity index is 1040. The number of anilines is 1. The molecule has 1 aromatic heterocycles. The van der Waals surface area contributed by atoms with Crippen LogP contribution < -0.4 is 10.6 Å². The van der Waals surface area contributed by atoms with E-state index in [-0.39, 0.29) is 24.1 Å². The topological polar surface area (TPSA) is 88.9 Å². The molecule has 0 aliphatic carbocycles. The Balaban J connectivity index is 1.53. The average molecular weight is 450 g/mol.